The Labute approximate surface area is 107 Å². The number of nitrogens with zero attached hydrogens (tertiary/aromatic N) is 2. The van der Waals surface area contributed by atoms with Gasteiger partial charge in [0.2, 0.25) is 0 Å². The summed E-state index contributed by atoms with van der Waals surface area (Å²) in [6.07, 6.45) is 0.530. The van der Waals surface area contributed by atoms with Crippen LogP contribution in [-0.2, 0) is 0 Å². The molecule has 88 valence electrons. The molecule has 5 nitrogen and oxygen atoms in total. The minimum Gasteiger partial charge on any atom is -0.397 e. The van der Waals surface area contributed by atoms with Gasteiger partial charge in [0.1, 0.15) is 6.07 Å². The summed E-state index contributed by atoms with van der Waals surface area (Å²) in [5.74, 6) is -0.352. The summed E-state index contributed by atoms with van der Waals surface area (Å²) in [5.41, 5.74) is 6.32. The number of nitriles is 1. The highest BCUT2D eigenvalue weighted by Gasteiger charge is 2.21. The van der Waals surface area contributed by atoms with Gasteiger partial charge in [-0.2, -0.15) is 5.26 Å². The number of nitrogen functional groups attached to an aromatic ring is 1. The maximum atomic E-state index is 11.9. The lowest BCUT2D eigenvalue weighted by Gasteiger charge is -2.15. The third-order valence-electron chi connectivity index (χ3n) is 2.20. The van der Waals surface area contributed by atoms with E-state index in [1.807, 2.05) is 6.07 Å². The largest absolute Gasteiger partial charge is 0.397 e. The Balaban J connectivity index is 3.61. The van der Waals surface area contributed by atoms with E-state index < -0.39 is 0 Å². The molecule has 17 heavy (non-hydrogen) atoms. The Morgan fingerprint density at radius 1 is 1.59 bits per heavy atom. The molecule has 1 amide bonds. The fraction of sp³-hybridized carbons (Fsp3) is 0.182. The zero-order valence-electron chi connectivity index (χ0n) is 9.32. The van der Waals surface area contributed by atoms with Crippen LogP contribution >= 0.6 is 15.9 Å². The molecular formula is C11H10BrN3O2. The normalized spacial score (nSPS) is 9.53. The fourth-order valence-corrected chi connectivity index (χ4v) is 1.92. The SMILES string of the molecule is CN(C)C(=O)c1c(C=O)cc(C#N)c(N)c1Br. The number of hydrogen-bond donors (Lipinski definition) is 1. The summed E-state index contributed by atoms with van der Waals surface area (Å²) in [6.45, 7) is 0. The molecule has 2 N–H and O–H groups in total. The van der Waals surface area contributed by atoms with Crippen LogP contribution in [0.25, 0.3) is 0 Å². The second kappa shape index (κ2) is 4.97. The van der Waals surface area contributed by atoms with Crippen molar-refractivity contribution in [2.24, 2.45) is 0 Å². The molecule has 0 bridgehead atoms. The predicted octanol–water partition coefficient (Wildman–Crippen LogP) is 1.42. The third kappa shape index (κ3) is 2.29. The number of hydrogen-bond acceptors (Lipinski definition) is 4. The van der Waals surface area contributed by atoms with Crippen molar-refractivity contribution in [3.05, 3.63) is 27.2 Å². The molecule has 0 aliphatic carbocycles. The molecule has 0 radical (unpaired) electrons. The Bertz CT molecular complexity index is 532. The molecule has 1 rings (SSSR count). The second-order valence-corrected chi connectivity index (χ2v) is 4.34. The summed E-state index contributed by atoms with van der Waals surface area (Å²) >= 11 is 3.15. The van der Waals surface area contributed by atoms with E-state index in [-0.39, 0.29) is 32.8 Å². The van der Waals surface area contributed by atoms with Gasteiger partial charge < -0.3 is 10.6 Å². The van der Waals surface area contributed by atoms with Crippen molar-refractivity contribution >= 4 is 33.8 Å². The van der Waals surface area contributed by atoms with Gasteiger partial charge in [-0.1, -0.05) is 0 Å². The second-order valence-electron chi connectivity index (χ2n) is 3.55. The molecule has 1 aromatic carbocycles. The molecule has 0 aromatic heterocycles. The van der Waals surface area contributed by atoms with E-state index in [0.29, 0.717) is 6.29 Å². The van der Waals surface area contributed by atoms with Crippen LogP contribution in [0.4, 0.5) is 5.69 Å². The minimum atomic E-state index is -0.352. The molecular weight excluding hydrogens is 286 g/mol. The molecule has 1 aromatic rings. The highest BCUT2D eigenvalue weighted by atomic mass is 79.9. The standard InChI is InChI=1S/C11H10BrN3O2/c1-15(2)11(17)8-7(5-16)3-6(4-13)10(14)9(8)12/h3,5H,14H2,1-2H3. The number of amides is 1. The maximum Gasteiger partial charge on any atom is 0.255 e. The summed E-state index contributed by atoms with van der Waals surface area (Å²) in [7, 11) is 3.13. The molecule has 0 saturated carbocycles. The van der Waals surface area contributed by atoms with E-state index >= 15 is 0 Å². The Morgan fingerprint density at radius 2 is 2.18 bits per heavy atom. The van der Waals surface area contributed by atoms with Crippen LogP contribution in [0.3, 0.4) is 0 Å². The van der Waals surface area contributed by atoms with Crippen LogP contribution in [0.5, 0.6) is 0 Å². The number of carbonyl (C=O) groups excluding carboxylic acids is 2. The Morgan fingerprint density at radius 3 is 2.59 bits per heavy atom. The molecule has 6 heteroatoms. The van der Waals surface area contributed by atoms with Crippen LogP contribution in [-0.4, -0.2) is 31.2 Å². The van der Waals surface area contributed by atoms with E-state index in [4.69, 9.17) is 11.0 Å². The average Bonchev–Trinajstić information content (AvgIpc) is 2.31. The highest BCUT2D eigenvalue weighted by molar-refractivity contribution is 9.10. The Kier molecular flexibility index (Phi) is 3.86. The van der Waals surface area contributed by atoms with Crippen molar-refractivity contribution in [1.82, 2.24) is 4.90 Å². The Hall–Kier alpha value is -1.87. The van der Waals surface area contributed by atoms with Crippen molar-refractivity contribution < 1.29 is 9.59 Å². The van der Waals surface area contributed by atoms with E-state index in [2.05, 4.69) is 15.9 Å². The van der Waals surface area contributed by atoms with Crippen molar-refractivity contribution in [1.29, 1.82) is 5.26 Å². The van der Waals surface area contributed by atoms with Gasteiger partial charge in [-0.15, -0.1) is 0 Å². The predicted molar refractivity (Wildman–Crippen MR) is 66.7 cm³/mol. The van der Waals surface area contributed by atoms with E-state index in [1.165, 1.54) is 11.0 Å². The van der Waals surface area contributed by atoms with E-state index in [9.17, 15) is 9.59 Å². The molecule has 0 saturated heterocycles. The number of carbonyl (C=O) groups is 2. The number of nitrogens with two attached hydrogens (primary N) is 1. The highest BCUT2D eigenvalue weighted by Crippen LogP contribution is 2.30. The van der Waals surface area contributed by atoms with Gasteiger partial charge in [-0.05, 0) is 22.0 Å². The lowest BCUT2D eigenvalue weighted by atomic mass is 10.0. The summed E-state index contributed by atoms with van der Waals surface area (Å²) in [5, 5.41) is 8.84. The molecule has 0 fully saturated rings. The lowest BCUT2D eigenvalue weighted by Crippen LogP contribution is -2.24. The first kappa shape index (κ1) is 13.2. The molecule has 0 atom stereocenters. The summed E-state index contributed by atoms with van der Waals surface area (Å²) < 4.78 is 0.275. The van der Waals surface area contributed by atoms with Crippen LogP contribution in [0.1, 0.15) is 26.3 Å². The number of halogens is 1. The number of aldehydes is 1. The summed E-state index contributed by atoms with van der Waals surface area (Å²) in [4.78, 5) is 24.2. The van der Waals surface area contributed by atoms with Gasteiger partial charge in [0.15, 0.2) is 6.29 Å². The number of benzene rings is 1. The lowest BCUT2D eigenvalue weighted by molar-refractivity contribution is 0.0823. The molecule has 0 spiro atoms. The topological polar surface area (TPSA) is 87.2 Å². The molecule has 0 unspecified atom stereocenters. The summed E-state index contributed by atoms with van der Waals surface area (Å²) in [6, 6.07) is 3.18. The van der Waals surface area contributed by atoms with Crippen molar-refractivity contribution in [3.63, 3.8) is 0 Å². The minimum absolute atomic E-state index is 0.140. The number of rotatable bonds is 2. The van der Waals surface area contributed by atoms with Crippen molar-refractivity contribution in [2.45, 2.75) is 0 Å². The van der Waals surface area contributed by atoms with Crippen molar-refractivity contribution in [2.75, 3.05) is 19.8 Å². The zero-order valence-corrected chi connectivity index (χ0v) is 10.9. The first-order chi connectivity index (χ1) is 7.93. The monoisotopic (exact) mass is 295 g/mol. The molecule has 0 heterocycles. The molecule has 0 aliphatic heterocycles. The first-order valence-electron chi connectivity index (χ1n) is 4.63. The van der Waals surface area contributed by atoms with Crippen molar-refractivity contribution in [3.8, 4) is 6.07 Å². The quantitative estimate of drug-likeness (QED) is 0.660. The molecule has 0 aliphatic rings. The fourth-order valence-electron chi connectivity index (χ4n) is 1.31. The van der Waals surface area contributed by atoms with E-state index in [0.717, 1.165) is 0 Å². The zero-order chi connectivity index (χ0) is 13.2. The van der Waals surface area contributed by atoms with Crippen LogP contribution in [0.2, 0.25) is 0 Å². The van der Waals surface area contributed by atoms with Gasteiger partial charge in [0, 0.05) is 19.7 Å². The van der Waals surface area contributed by atoms with Gasteiger partial charge in [0.25, 0.3) is 5.91 Å². The smallest absolute Gasteiger partial charge is 0.255 e. The number of anilines is 1. The first-order valence-corrected chi connectivity index (χ1v) is 5.42. The van der Waals surface area contributed by atoms with Crippen LogP contribution in [0.15, 0.2) is 10.5 Å². The van der Waals surface area contributed by atoms with Gasteiger partial charge in [-0.25, -0.2) is 0 Å². The van der Waals surface area contributed by atoms with Gasteiger partial charge >= 0.3 is 0 Å². The van der Waals surface area contributed by atoms with Gasteiger partial charge in [0.05, 0.1) is 21.3 Å². The third-order valence-corrected chi connectivity index (χ3v) is 3.03. The van der Waals surface area contributed by atoms with Gasteiger partial charge in [-0.3, -0.25) is 9.59 Å². The van der Waals surface area contributed by atoms with Crippen LogP contribution in [0, 0.1) is 11.3 Å². The maximum absolute atomic E-state index is 11.9. The van der Waals surface area contributed by atoms with E-state index in [1.54, 1.807) is 14.1 Å². The average molecular weight is 296 g/mol. The van der Waals surface area contributed by atoms with Crippen LogP contribution < -0.4 is 5.73 Å².